The average molecular weight is 346 g/mol. The molecule has 0 bridgehead atoms. The highest BCUT2D eigenvalue weighted by Gasteiger charge is 2.29. The molecule has 0 radical (unpaired) electrons. The molecule has 1 aliphatic carbocycles. The molecule has 3 rings (SSSR count). The molecule has 0 amide bonds. The Morgan fingerprint density at radius 3 is 2.62 bits per heavy atom. The quantitative estimate of drug-likeness (QED) is 0.660. The second-order valence-electron chi connectivity index (χ2n) is 5.64. The largest absolute Gasteiger partial charge is 0.494 e. The van der Waals surface area contributed by atoms with Crippen molar-refractivity contribution in [2.75, 3.05) is 13.7 Å². The van der Waals surface area contributed by atoms with Gasteiger partial charge in [-0.05, 0) is 31.9 Å². The van der Waals surface area contributed by atoms with Crippen LogP contribution in [0.4, 0.5) is 0 Å². The lowest BCUT2D eigenvalue weighted by atomic mass is 10.1. The molecule has 0 aliphatic heterocycles. The third-order valence-corrected chi connectivity index (χ3v) is 4.27. The van der Waals surface area contributed by atoms with Crippen LogP contribution in [0.5, 0.6) is 5.75 Å². The standard InChI is InChI=1S/C17H18N2O4S/c1-3-23-17(21)12-8-19(9-4-5-9)13-10(14(12)20)6-7-11(16(18)24)15(13)22-2/h6-9H,3-5H2,1-2H3,(H2,18,24). The summed E-state index contributed by atoms with van der Waals surface area (Å²) in [5, 5.41) is 0.393. The van der Waals surface area contributed by atoms with Crippen molar-refractivity contribution in [1.29, 1.82) is 0 Å². The van der Waals surface area contributed by atoms with Crippen LogP contribution in [-0.4, -0.2) is 29.2 Å². The Kier molecular flexibility index (Phi) is 4.28. The van der Waals surface area contributed by atoms with Gasteiger partial charge in [-0.1, -0.05) is 12.2 Å². The Hall–Kier alpha value is -2.41. The fourth-order valence-electron chi connectivity index (χ4n) is 2.81. The second kappa shape index (κ2) is 6.24. The Labute approximate surface area is 144 Å². The lowest BCUT2D eigenvalue weighted by Gasteiger charge is -2.17. The van der Waals surface area contributed by atoms with Gasteiger partial charge in [-0.25, -0.2) is 4.79 Å². The number of rotatable bonds is 5. The van der Waals surface area contributed by atoms with Gasteiger partial charge in [0.15, 0.2) is 5.75 Å². The average Bonchev–Trinajstić information content (AvgIpc) is 3.39. The van der Waals surface area contributed by atoms with Gasteiger partial charge in [-0.2, -0.15) is 0 Å². The van der Waals surface area contributed by atoms with Gasteiger partial charge in [-0.3, -0.25) is 4.79 Å². The van der Waals surface area contributed by atoms with Gasteiger partial charge in [0.25, 0.3) is 0 Å². The molecule has 6 nitrogen and oxygen atoms in total. The molecule has 1 heterocycles. The second-order valence-corrected chi connectivity index (χ2v) is 6.08. The number of pyridine rings is 1. The van der Waals surface area contributed by atoms with E-state index in [4.69, 9.17) is 27.4 Å². The van der Waals surface area contributed by atoms with Gasteiger partial charge in [0.2, 0.25) is 5.43 Å². The van der Waals surface area contributed by atoms with E-state index in [1.165, 1.54) is 7.11 Å². The number of hydrogen-bond donors (Lipinski definition) is 1. The van der Waals surface area contributed by atoms with Crippen molar-refractivity contribution in [3.63, 3.8) is 0 Å². The summed E-state index contributed by atoms with van der Waals surface area (Å²) in [5.41, 5.74) is 6.60. The highest BCUT2D eigenvalue weighted by Crippen LogP contribution is 2.40. The molecular weight excluding hydrogens is 328 g/mol. The van der Waals surface area contributed by atoms with Crippen LogP contribution in [0.2, 0.25) is 0 Å². The first kappa shape index (κ1) is 16.4. The van der Waals surface area contributed by atoms with Crippen LogP contribution in [0.15, 0.2) is 23.1 Å². The third-order valence-electron chi connectivity index (χ3n) is 4.05. The van der Waals surface area contributed by atoms with Gasteiger partial charge in [0, 0.05) is 12.2 Å². The Morgan fingerprint density at radius 1 is 1.38 bits per heavy atom. The molecule has 0 unspecified atom stereocenters. The molecule has 1 aromatic heterocycles. The summed E-state index contributed by atoms with van der Waals surface area (Å²) < 4.78 is 12.4. The molecule has 1 aliphatic rings. The fraction of sp³-hybridized carbons (Fsp3) is 0.353. The summed E-state index contributed by atoms with van der Waals surface area (Å²) >= 11 is 5.07. The Morgan fingerprint density at radius 2 is 2.08 bits per heavy atom. The van der Waals surface area contributed by atoms with Crippen LogP contribution in [-0.2, 0) is 4.74 Å². The molecule has 2 N–H and O–H groups in total. The molecule has 2 aromatic rings. The van der Waals surface area contributed by atoms with Gasteiger partial charge < -0.3 is 19.8 Å². The van der Waals surface area contributed by atoms with Crippen LogP contribution < -0.4 is 15.9 Å². The number of hydrogen-bond acceptors (Lipinski definition) is 5. The monoisotopic (exact) mass is 346 g/mol. The zero-order valence-electron chi connectivity index (χ0n) is 13.5. The summed E-state index contributed by atoms with van der Waals surface area (Å²) in [6.07, 6.45) is 3.51. The molecule has 1 aromatic carbocycles. The number of methoxy groups -OCH3 is 1. The normalized spacial score (nSPS) is 13.8. The lowest BCUT2D eigenvalue weighted by molar-refractivity contribution is 0.0524. The van der Waals surface area contributed by atoms with Gasteiger partial charge in [-0.15, -0.1) is 0 Å². The van der Waals surface area contributed by atoms with Crippen LogP contribution in [0.25, 0.3) is 10.9 Å². The lowest BCUT2D eigenvalue weighted by Crippen LogP contribution is -2.22. The van der Waals surface area contributed by atoms with Crippen molar-refractivity contribution < 1.29 is 14.3 Å². The van der Waals surface area contributed by atoms with E-state index in [0.717, 1.165) is 12.8 Å². The number of nitrogens with zero attached hydrogens (tertiary/aromatic N) is 1. The minimum atomic E-state index is -0.615. The summed E-state index contributed by atoms with van der Waals surface area (Å²) in [6.45, 7) is 1.92. The third kappa shape index (κ3) is 2.65. The van der Waals surface area contributed by atoms with E-state index < -0.39 is 5.97 Å². The smallest absolute Gasteiger partial charge is 0.343 e. The van der Waals surface area contributed by atoms with Crippen molar-refractivity contribution in [2.24, 2.45) is 5.73 Å². The van der Waals surface area contributed by atoms with E-state index in [2.05, 4.69) is 0 Å². The molecule has 1 fully saturated rings. The number of aromatic nitrogens is 1. The summed E-state index contributed by atoms with van der Waals surface area (Å²) in [5.74, 6) is -0.157. The van der Waals surface area contributed by atoms with Crippen LogP contribution in [0.1, 0.15) is 41.7 Å². The van der Waals surface area contributed by atoms with Gasteiger partial charge >= 0.3 is 5.97 Å². The van der Waals surface area contributed by atoms with Crippen molar-refractivity contribution in [2.45, 2.75) is 25.8 Å². The molecule has 0 saturated heterocycles. The summed E-state index contributed by atoms with van der Waals surface area (Å²) in [6, 6.07) is 3.50. The zero-order valence-corrected chi connectivity index (χ0v) is 14.3. The van der Waals surface area contributed by atoms with Crippen LogP contribution in [0, 0.1) is 0 Å². The topological polar surface area (TPSA) is 83.6 Å². The number of carbonyl (C=O) groups excluding carboxylic acids is 1. The maximum Gasteiger partial charge on any atom is 0.343 e. The highest BCUT2D eigenvalue weighted by molar-refractivity contribution is 7.80. The fourth-order valence-corrected chi connectivity index (χ4v) is 2.97. The maximum absolute atomic E-state index is 12.8. The van der Waals surface area contributed by atoms with E-state index in [-0.39, 0.29) is 28.6 Å². The maximum atomic E-state index is 12.8. The number of nitrogens with two attached hydrogens (primary N) is 1. The van der Waals surface area contributed by atoms with Crippen LogP contribution >= 0.6 is 12.2 Å². The van der Waals surface area contributed by atoms with E-state index in [9.17, 15) is 9.59 Å². The van der Waals surface area contributed by atoms with Gasteiger partial charge in [0.1, 0.15) is 10.6 Å². The molecule has 1 saturated carbocycles. The summed E-state index contributed by atoms with van der Waals surface area (Å²) in [7, 11) is 1.51. The number of esters is 1. The van der Waals surface area contributed by atoms with Crippen LogP contribution in [0.3, 0.4) is 0 Å². The van der Waals surface area contributed by atoms with Crippen molar-refractivity contribution in [3.8, 4) is 5.75 Å². The highest BCUT2D eigenvalue weighted by atomic mass is 32.1. The van der Waals surface area contributed by atoms with Crippen molar-refractivity contribution in [3.05, 3.63) is 39.7 Å². The number of ether oxygens (including phenoxy) is 2. The predicted octanol–water partition coefficient (Wildman–Crippen LogP) is 2.16. The molecule has 0 spiro atoms. The minimum Gasteiger partial charge on any atom is -0.494 e. The first-order chi connectivity index (χ1) is 11.5. The Balaban J connectivity index is 2.38. The number of fused-ring (bicyclic) bond motifs is 1. The predicted molar refractivity (Wildman–Crippen MR) is 94.9 cm³/mol. The first-order valence-corrected chi connectivity index (χ1v) is 8.13. The molecule has 126 valence electrons. The zero-order chi connectivity index (χ0) is 17.4. The SMILES string of the molecule is CCOC(=O)c1cn(C2CC2)c2c(OC)c(C(N)=S)ccc2c1=O. The molecule has 0 atom stereocenters. The number of benzene rings is 1. The first-order valence-electron chi connectivity index (χ1n) is 7.72. The van der Waals surface area contributed by atoms with Crippen molar-refractivity contribution >= 4 is 34.1 Å². The number of carbonyl (C=O) groups is 1. The minimum absolute atomic E-state index is 0.0291. The van der Waals surface area contributed by atoms with Gasteiger partial charge in [0.05, 0.1) is 30.2 Å². The van der Waals surface area contributed by atoms with E-state index in [0.29, 0.717) is 22.2 Å². The molecule has 24 heavy (non-hydrogen) atoms. The number of thiocarbonyl (C=S) groups is 1. The van der Waals surface area contributed by atoms with E-state index in [1.807, 2.05) is 4.57 Å². The Bertz CT molecular complexity index is 900. The van der Waals surface area contributed by atoms with Crippen molar-refractivity contribution in [1.82, 2.24) is 4.57 Å². The summed E-state index contributed by atoms with van der Waals surface area (Å²) in [4.78, 5) is 25.1. The van der Waals surface area contributed by atoms with E-state index in [1.54, 1.807) is 25.3 Å². The van der Waals surface area contributed by atoms with E-state index >= 15 is 0 Å². The molecular formula is C17H18N2O4S. The molecule has 7 heteroatoms.